The predicted octanol–water partition coefficient (Wildman–Crippen LogP) is 1.72. The molecular formula is C19H21N3O6. The average molecular weight is 387 g/mol. The van der Waals surface area contributed by atoms with E-state index in [1.165, 1.54) is 0 Å². The highest BCUT2D eigenvalue weighted by Crippen LogP contribution is 2.34. The molecule has 1 aromatic carbocycles. The number of amides is 5. The van der Waals surface area contributed by atoms with Gasteiger partial charge in [0, 0.05) is 17.8 Å². The third-order valence-electron chi connectivity index (χ3n) is 5.44. The number of benzene rings is 1. The van der Waals surface area contributed by atoms with Crippen LogP contribution in [0.5, 0.6) is 11.5 Å². The summed E-state index contributed by atoms with van der Waals surface area (Å²) in [7, 11) is 0. The minimum absolute atomic E-state index is 0.112. The summed E-state index contributed by atoms with van der Waals surface area (Å²) in [5.74, 6) is -1.17. The highest BCUT2D eigenvalue weighted by atomic mass is 16.7. The van der Waals surface area contributed by atoms with Crippen molar-refractivity contribution in [2.45, 2.75) is 38.6 Å². The van der Waals surface area contributed by atoms with E-state index in [4.69, 9.17) is 9.47 Å². The first kappa shape index (κ1) is 18.3. The van der Waals surface area contributed by atoms with Gasteiger partial charge < -0.3 is 14.8 Å². The van der Waals surface area contributed by atoms with Crippen LogP contribution in [0.4, 0.5) is 10.5 Å². The van der Waals surface area contributed by atoms with Gasteiger partial charge >= 0.3 is 17.8 Å². The molecule has 0 unspecified atom stereocenters. The standard InChI is InChI=1S/C19H21N3O6/c1-11-4-2-3-5-13(11)22-18(25)17(24)21(19(22)26)9-16(23)20-12-6-7-14-15(8-12)28-10-27-14/h6-8,11,13H,2-5,9-10H2,1H3,(H,20,23)/t11-,13-/m0/s1. The number of ether oxygens (including phenoxy) is 2. The molecule has 0 aromatic heterocycles. The van der Waals surface area contributed by atoms with Crippen LogP contribution in [-0.4, -0.2) is 52.9 Å². The van der Waals surface area contributed by atoms with Gasteiger partial charge in [-0.25, -0.2) is 9.69 Å². The van der Waals surface area contributed by atoms with E-state index in [0.29, 0.717) is 28.5 Å². The van der Waals surface area contributed by atoms with E-state index in [2.05, 4.69) is 5.32 Å². The SMILES string of the molecule is C[C@H]1CCCC[C@@H]1N1C(=O)C(=O)N(CC(=O)Nc2ccc3c(c2)OCO3)C1=O. The van der Waals surface area contributed by atoms with Crippen LogP contribution in [0.15, 0.2) is 18.2 Å². The number of carbonyl (C=O) groups excluding carboxylic acids is 4. The fourth-order valence-corrected chi connectivity index (χ4v) is 3.95. The van der Waals surface area contributed by atoms with Crippen LogP contribution in [0.3, 0.4) is 0 Å². The van der Waals surface area contributed by atoms with Gasteiger partial charge in [-0.3, -0.25) is 19.3 Å². The third kappa shape index (κ3) is 3.17. The van der Waals surface area contributed by atoms with Crippen molar-refractivity contribution in [2.75, 3.05) is 18.7 Å². The molecule has 5 amide bonds. The van der Waals surface area contributed by atoms with Crippen LogP contribution < -0.4 is 14.8 Å². The van der Waals surface area contributed by atoms with Crippen molar-refractivity contribution in [1.29, 1.82) is 0 Å². The number of nitrogens with zero attached hydrogens (tertiary/aromatic N) is 2. The summed E-state index contributed by atoms with van der Waals surface area (Å²) in [6.45, 7) is 1.57. The smallest absolute Gasteiger partial charge is 0.334 e. The van der Waals surface area contributed by atoms with Crippen molar-refractivity contribution in [1.82, 2.24) is 9.80 Å². The number of rotatable bonds is 4. The first-order valence-electron chi connectivity index (χ1n) is 9.34. The quantitative estimate of drug-likeness (QED) is 0.623. The molecule has 1 saturated carbocycles. The van der Waals surface area contributed by atoms with Gasteiger partial charge in [-0.05, 0) is 30.9 Å². The number of nitrogens with one attached hydrogen (secondary N) is 1. The highest BCUT2D eigenvalue weighted by Gasteiger charge is 2.49. The van der Waals surface area contributed by atoms with E-state index in [-0.39, 0.29) is 18.8 Å². The van der Waals surface area contributed by atoms with Crippen molar-refractivity contribution in [2.24, 2.45) is 5.92 Å². The van der Waals surface area contributed by atoms with Gasteiger partial charge in [0.2, 0.25) is 12.7 Å². The molecule has 0 bridgehead atoms. The molecular weight excluding hydrogens is 366 g/mol. The first-order chi connectivity index (χ1) is 13.5. The van der Waals surface area contributed by atoms with Gasteiger partial charge in [0.05, 0.1) is 0 Å². The van der Waals surface area contributed by atoms with E-state index in [1.54, 1.807) is 18.2 Å². The molecule has 1 aliphatic carbocycles. The second-order valence-electron chi connectivity index (χ2n) is 7.29. The van der Waals surface area contributed by atoms with Gasteiger partial charge in [0.25, 0.3) is 0 Å². The zero-order chi connectivity index (χ0) is 19.8. The number of fused-ring (bicyclic) bond motifs is 1. The molecule has 9 nitrogen and oxygen atoms in total. The van der Waals surface area contributed by atoms with E-state index in [1.807, 2.05) is 6.92 Å². The lowest BCUT2D eigenvalue weighted by atomic mass is 9.85. The highest BCUT2D eigenvalue weighted by molar-refractivity contribution is 6.45. The van der Waals surface area contributed by atoms with E-state index in [0.717, 1.165) is 24.2 Å². The van der Waals surface area contributed by atoms with Gasteiger partial charge in [-0.15, -0.1) is 0 Å². The molecule has 2 atom stereocenters. The van der Waals surface area contributed by atoms with Crippen molar-refractivity contribution < 1.29 is 28.7 Å². The van der Waals surface area contributed by atoms with Crippen LogP contribution in [0, 0.1) is 5.92 Å². The fraction of sp³-hybridized carbons (Fsp3) is 0.474. The summed E-state index contributed by atoms with van der Waals surface area (Å²) in [6, 6.07) is 3.86. The maximum absolute atomic E-state index is 12.7. The zero-order valence-corrected chi connectivity index (χ0v) is 15.5. The van der Waals surface area contributed by atoms with Crippen molar-refractivity contribution in [3.63, 3.8) is 0 Å². The Morgan fingerprint density at radius 3 is 2.64 bits per heavy atom. The Kier molecular flexibility index (Phi) is 4.66. The summed E-state index contributed by atoms with van der Waals surface area (Å²) in [4.78, 5) is 51.5. The van der Waals surface area contributed by atoms with Crippen molar-refractivity contribution in [3.05, 3.63) is 18.2 Å². The number of anilines is 1. The molecule has 2 aliphatic heterocycles. The Bertz CT molecular complexity index is 854. The molecule has 0 radical (unpaired) electrons. The molecule has 4 rings (SSSR count). The summed E-state index contributed by atoms with van der Waals surface area (Å²) >= 11 is 0. The van der Waals surface area contributed by atoms with E-state index < -0.39 is 30.3 Å². The molecule has 0 spiro atoms. The number of hydrogen-bond donors (Lipinski definition) is 1. The molecule has 9 heteroatoms. The number of carbonyl (C=O) groups is 4. The number of imide groups is 2. The minimum Gasteiger partial charge on any atom is -0.454 e. The third-order valence-corrected chi connectivity index (χ3v) is 5.44. The summed E-state index contributed by atoms with van der Waals surface area (Å²) < 4.78 is 10.5. The molecule has 28 heavy (non-hydrogen) atoms. The van der Waals surface area contributed by atoms with Crippen molar-refractivity contribution in [3.8, 4) is 11.5 Å². The lowest BCUT2D eigenvalue weighted by Crippen LogP contribution is -2.46. The Morgan fingerprint density at radius 2 is 1.86 bits per heavy atom. The van der Waals surface area contributed by atoms with E-state index in [9.17, 15) is 19.2 Å². The van der Waals surface area contributed by atoms with Crippen LogP contribution in [0.25, 0.3) is 0 Å². The Hall–Kier alpha value is -3.10. The largest absolute Gasteiger partial charge is 0.454 e. The van der Waals surface area contributed by atoms with Gasteiger partial charge in [-0.2, -0.15) is 0 Å². The zero-order valence-electron chi connectivity index (χ0n) is 15.5. The maximum atomic E-state index is 12.7. The van der Waals surface area contributed by atoms with Gasteiger partial charge in [-0.1, -0.05) is 19.8 Å². The lowest BCUT2D eigenvalue weighted by Gasteiger charge is -2.34. The Balaban J connectivity index is 1.44. The second kappa shape index (κ2) is 7.14. The maximum Gasteiger partial charge on any atom is 0.334 e. The predicted molar refractivity (Wildman–Crippen MR) is 96.6 cm³/mol. The lowest BCUT2D eigenvalue weighted by molar-refractivity contribution is -0.145. The normalized spacial score (nSPS) is 24.1. The van der Waals surface area contributed by atoms with Crippen LogP contribution in [0.2, 0.25) is 0 Å². The monoisotopic (exact) mass is 387 g/mol. The van der Waals surface area contributed by atoms with E-state index >= 15 is 0 Å². The van der Waals surface area contributed by atoms with Gasteiger partial charge in [0.15, 0.2) is 11.5 Å². The summed E-state index contributed by atoms with van der Waals surface area (Å²) in [5.41, 5.74) is 0.442. The minimum atomic E-state index is -0.955. The average Bonchev–Trinajstić information content (AvgIpc) is 3.21. The Labute approximate surface area is 161 Å². The molecule has 1 aromatic rings. The van der Waals surface area contributed by atoms with Crippen LogP contribution >= 0.6 is 0 Å². The molecule has 1 N–H and O–H groups in total. The van der Waals surface area contributed by atoms with Crippen molar-refractivity contribution >= 4 is 29.4 Å². The van der Waals surface area contributed by atoms with Crippen LogP contribution in [0.1, 0.15) is 32.6 Å². The summed E-state index contributed by atoms with van der Waals surface area (Å²) in [5, 5.41) is 2.61. The topological polar surface area (TPSA) is 105 Å². The first-order valence-corrected chi connectivity index (χ1v) is 9.34. The van der Waals surface area contributed by atoms with Gasteiger partial charge in [0.1, 0.15) is 6.54 Å². The second-order valence-corrected chi connectivity index (χ2v) is 7.29. The van der Waals surface area contributed by atoms with Crippen LogP contribution in [-0.2, 0) is 14.4 Å². The number of hydrogen-bond acceptors (Lipinski definition) is 6. The molecule has 2 heterocycles. The molecule has 1 saturated heterocycles. The fourth-order valence-electron chi connectivity index (χ4n) is 3.95. The summed E-state index contributed by atoms with van der Waals surface area (Å²) in [6.07, 6.45) is 3.54. The molecule has 3 aliphatic rings. The molecule has 148 valence electrons. The number of urea groups is 1. The molecule has 2 fully saturated rings. The Morgan fingerprint density at radius 1 is 1.11 bits per heavy atom.